The first-order valence-corrected chi connectivity index (χ1v) is 44.3. The Bertz CT molecular complexity index is 8500. The first kappa shape index (κ1) is 88.3. The van der Waals surface area contributed by atoms with Crippen LogP contribution >= 0.6 is 0 Å². The number of nitrogens with zero attached hydrogens (tertiary/aromatic N) is 12. The van der Waals surface area contributed by atoms with E-state index >= 15 is 0 Å². The zero-order chi connectivity index (χ0) is 95.3. The van der Waals surface area contributed by atoms with Crippen LogP contribution in [-0.2, 0) is 0 Å². The van der Waals surface area contributed by atoms with Crippen molar-refractivity contribution in [1.82, 2.24) is 38.2 Å². The molecule has 0 aliphatic heterocycles. The van der Waals surface area contributed by atoms with Crippen LogP contribution < -0.4 is 14.5 Å². The lowest BCUT2D eigenvalue weighted by Gasteiger charge is -2.26. The molecule has 0 saturated heterocycles. The number of benzene rings is 17. The lowest BCUT2D eigenvalue weighted by Crippen LogP contribution is -2.13. The SMILES string of the molecule is COc1ccc2c(c1)c1cc(C)ccc1n2-c1ccc(-c2ccncc2)c(C#N)c1.Fc1cc(N(c2cccc(-c3nc4ccccc4n3-c3ccccc3)c2)c2cc(F)c(F)c(F)c2)cc(F)c1F.Fc1ccc(N(c2ccc(F)cc2)c2cccc(-c3nc4ccccc4n3-c3ccccc3)c2)cc1.N#Cc1cc(-n2c3ccccc3c3cc(-c4ccccc4)ccc32)ccc1-c1ccncc1. The predicted molar refractivity (Wildman–Crippen MR) is 536 cm³/mol. The summed E-state index contributed by atoms with van der Waals surface area (Å²) in [7, 11) is 1.68. The van der Waals surface area contributed by atoms with Gasteiger partial charge in [0.2, 0.25) is 0 Å². The van der Waals surface area contributed by atoms with E-state index in [1.54, 1.807) is 74.4 Å². The molecular formula is C118H76F8N12O. The van der Waals surface area contributed by atoms with Crippen molar-refractivity contribution in [3.05, 3.63) is 488 Å². The van der Waals surface area contributed by atoms with E-state index in [0.717, 1.165) is 128 Å². The van der Waals surface area contributed by atoms with Crippen LogP contribution in [0.5, 0.6) is 5.75 Å². The summed E-state index contributed by atoms with van der Waals surface area (Å²) < 4.78 is 126. The van der Waals surface area contributed by atoms with Gasteiger partial charge in [-0.3, -0.25) is 19.1 Å². The van der Waals surface area contributed by atoms with Crippen LogP contribution in [0.4, 0.5) is 69.2 Å². The first-order valence-electron chi connectivity index (χ1n) is 44.3. The highest BCUT2D eigenvalue weighted by atomic mass is 19.2. The summed E-state index contributed by atoms with van der Waals surface area (Å²) in [4.78, 5) is 21.0. The standard InChI is InChI=1S/C31H17F6N3.C31H21F2N3.C30H19N3.C26H19N3O/c32-23-14-21(15-24(33)29(23)36)39(22-16-25(34)30(37)26(35)17-22)20-10-6-7-18(13-20)31-38-27-11-4-5-12-28(27)40(31)19-8-2-1-3-9-19;32-23-13-17-26(18-14-23)35(27-19-15-24(33)16-20-27)28-10-6-7-22(21-28)31-34-29-11-4-5-12-30(29)36(31)25-8-2-1-3-9-25;31-20-24-18-25(11-12-26(24)22-14-16-32-17-15-22)33-29-9-5-4-8-27(29)28-19-23(10-13-30(28)33)21-6-2-1-3-7-21;1-17-3-7-25-23(13-17)24-15-21(30-2)5-8-26(24)29(25)20-4-6-22(19(14-20)16-27)18-9-11-28-12-10-18/h1-17H;1-21H;1-19H;3-15H,1-2H3. The quantitative estimate of drug-likeness (QED) is 0.0684. The largest absolute Gasteiger partial charge is 0.497 e. The van der Waals surface area contributed by atoms with Crippen molar-refractivity contribution < 1.29 is 39.9 Å². The average molecular weight is 1830 g/mol. The molecule has 670 valence electrons. The normalized spacial score (nSPS) is 11.1. The van der Waals surface area contributed by atoms with E-state index < -0.39 is 34.9 Å². The third kappa shape index (κ3) is 17.6. The van der Waals surface area contributed by atoms with Crippen molar-refractivity contribution in [3.8, 4) is 96.8 Å². The monoisotopic (exact) mass is 1830 g/mol. The number of nitriles is 2. The second-order valence-electron chi connectivity index (χ2n) is 32.7. The molecule has 0 fully saturated rings. The van der Waals surface area contributed by atoms with E-state index in [9.17, 15) is 45.6 Å². The van der Waals surface area contributed by atoms with Crippen LogP contribution in [0.25, 0.3) is 145 Å². The number of ether oxygens (including phenoxy) is 1. The molecule has 0 bridgehead atoms. The van der Waals surface area contributed by atoms with Crippen LogP contribution in [0.15, 0.2) is 425 Å². The fraction of sp³-hybridized carbons (Fsp3) is 0.0169. The highest BCUT2D eigenvalue weighted by Crippen LogP contribution is 2.45. The molecule has 0 radical (unpaired) electrons. The van der Waals surface area contributed by atoms with Crippen molar-refractivity contribution in [2.45, 2.75) is 6.92 Å². The summed E-state index contributed by atoms with van der Waals surface area (Å²) >= 11 is 0. The third-order valence-corrected chi connectivity index (χ3v) is 24.2. The van der Waals surface area contributed by atoms with E-state index in [1.165, 1.54) is 63.2 Å². The van der Waals surface area contributed by atoms with Crippen molar-refractivity contribution >= 4 is 99.8 Å². The van der Waals surface area contributed by atoms with Crippen LogP contribution in [0.3, 0.4) is 0 Å². The van der Waals surface area contributed by atoms with Gasteiger partial charge in [-0.05, 0) is 259 Å². The molecule has 17 aromatic carbocycles. The van der Waals surface area contributed by atoms with Gasteiger partial charge in [-0.2, -0.15) is 10.5 Å². The van der Waals surface area contributed by atoms with E-state index in [4.69, 9.17) is 14.7 Å². The number of methoxy groups -OCH3 is 1. The van der Waals surface area contributed by atoms with Crippen LogP contribution in [0, 0.1) is 76.1 Å². The Hall–Kier alpha value is -18.6. The lowest BCUT2D eigenvalue weighted by atomic mass is 10.0. The number of rotatable bonds is 16. The van der Waals surface area contributed by atoms with E-state index in [0.29, 0.717) is 52.3 Å². The zero-order valence-corrected chi connectivity index (χ0v) is 74.2. The maximum atomic E-state index is 14.3. The van der Waals surface area contributed by atoms with Gasteiger partial charge in [-0.1, -0.05) is 163 Å². The molecule has 0 aliphatic rings. The second kappa shape index (κ2) is 38.5. The van der Waals surface area contributed by atoms with E-state index in [-0.39, 0.29) is 28.7 Å². The van der Waals surface area contributed by atoms with Crippen LogP contribution in [-0.4, -0.2) is 45.3 Å². The number of halogens is 8. The highest BCUT2D eigenvalue weighted by molar-refractivity contribution is 6.12. The number of para-hydroxylation sites is 7. The van der Waals surface area contributed by atoms with Crippen molar-refractivity contribution in [1.29, 1.82) is 10.5 Å². The first-order chi connectivity index (χ1) is 68.0. The number of aryl methyl sites for hydroxylation is 1. The number of aromatic nitrogens is 8. The van der Waals surface area contributed by atoms with Gasteiger partial charge >= 0.3 is 0 Å². The Morgan fingerprint density at radius 3 is 1.12 bits per heavy atom. The van der Waals surface area contributed by atoms with Gasteiger partial charge in [-0.15, -0.1) is 0 Å². The second-order valence-corrected chi connectivity index (χ2v) is 32.7. The third-order valence-electron chi connectivity index (χ3n) is 24.2. The molecule has 6 aromatic heterocycles. The van der Waals surface area contributed by atoms with Gasteiger partial charge in [0.05, 0.1) is 85.9 Å². The van der Waals surface area contributed by atoms with Crippen molar-refractivity contribution in [2.75, 3.05) is 16.9 Å². The van der Waals surface area contributed by atoms with Crippen LogP contribution in [0.1, 0.15) is 16.7 Å². The number of anilines is 6. The molecular weight excluding hydrogens is 1750 g/mol. The number of hydrogen-bond acceptors (Lipinski definition) is 9. The molecule has 23 aromatic rings. The number of fused-ring (bicyclic) bond motifs is 8. The van der Waals surface area contributed by atoms with Gasteiger partial charge in [0, 0.05) is 127 Å². The van der Waals surface area contributed by atoms with Gasteiger partial charge in [0.25, 0.3) is 0 Å². The molecule has 139 heavy (non-hydrogen) atoms. The molecule has 6 heterocycles. The average Bonchev–Trinajstić information content (AvgIpc) is 2.15. The fourth-order valence-corrected chi connectivity index (χ4v) is 17.8. The smallest absolute Gasteiger partial charge is 0.194 e. The van der Waals surface area contributed by atoms with Crippen LogP contribution in [0.2, 0.25) is 0 Å². The van der Waals surface area contributed by atoms with Crippen molar-refractivity contribution in [3.63, 3.8) is 0 Å². The Morgan fingerprint density at radius 2 is 0.662 bits per heavy atom. The maximum Gasteiger partial charge on any atom is 0.194 e. The molecule has 0 unspecified atom stereocenters. The van der Waals surface area contributed by atoms with Crippen molar-refractivity contribution in [2.24, 2.45) is 0 Å². The molecule has 0 saturated carbocycles. The Morgan fingerprint density at radius 1 is 0.273 bits per heavy atom. The molecule has 13 nitrogen and oxygen atoms in total. The number of imidazole rings is 2. The minimum absolute atomic E-state index is 0.194. The molecule has 0 spiro atoms. The summed E-state index contributed by atoms with van der Waals surface area (Å²) in [5.74, 6) is -7.93. The number of pyridine rings is 2. The minimum atomic E-state index is -1.70. The molecule has 0 N–H and O–H groups in total. The summed E-state index contributed by atoms with van der Waals surface area (Å²) in [5.41, 5.74) is 23.7. The lowest BCUT2D eigenvalue weighted by molar-refractivity contribution is 0.415. The summed E-state index contributed by atoms with van der Waals surface area (Å²) in [6.45, 7) is 2.10. The topological polar surface area (TPSA) is 135 Å². The summed E-state index contributed by atoms with van der Waals surface area (Å²) in [5, 5.41) is 24.4. The predicted octanol–water partition coefficient (Wildman–Crippen LogP) is 30.9. The molecule has 23 rings (SSSR count). The van der Waals surface area contributed by atoms with Gasteiger partial charge in [0.15, 0.2) is 34.9 Å². The highest BCUT2D eigenvalue weighted by Gasteiger charge is 2.27. The Balaban J connectivity index is 0.000000115. The fourth-order valence-electron chi connectivity index (χ4n) is 17.8. The van der Waals surface area contributed by atoms with Gasteiger partial charge < -0.3 is 23.7 Å². The zero-order valence-electron chi connectivity index (χ0n) is 74.2. The Kier molecular flexibility index (Phi) is 24.5. The number of hydrogen-bond donors (Lipinski definition) is 0. The van der Waals surface area contributed by atoms with E-state index in [2.05, 4.69) is 170 Å². The van der Waals surface area contributed by atoms with Gasteiger partial charge in [0.1, 0.15) is 29.0 Å². The van der Waals surface area contributed by atoms with E-state index in [1.807, 2.05) is 185 Å². The molecule has 0 amide bonds. The summed E-state index contributed by atoms with van der Waals surface area (Å²) in [6.07, 6.45) is 6.99. The Labute approximate surface area is 792 Å². The molecule has 0 atom stereocenters. The molecule has 21 heteroatoms. The molecule has 0 aliphatic carbocycles. The maximum absolute atomic E-state index is 14.3. The summed E-state index contributed by atoms with van der Waals surface area (Å²) in [6, 6.07) is 128. The van der Waals surface area contributed by atoms with Gasteiger partial charge in [-0.25, -0.2) is 45.1 Å². The minimum Gasteiger partial charge on any atom is -0.497 e.